The van der Waals surface area contributed by atoms with Gasteiger partial charge in [-0.2, -0.15) is 0 Å². The summed E-state index contributed by atoms with van der Waals surface area (Å²) in [6, 6.07) is 17.4. The summed E-state index contributed by atoms with van der Waals surface area (Å²) in [4.78, 5) is 24.1. The Kier molecular flexibility index (Phi) is 2.98. The van der Waals surface area contributed by atoms with Crippen LogP contribution in [0.25, 0.3) is 21.9 Å². The molecule has 0 spiro atoms. The van der Waals surface area contributed by atoms with Crippen LogP contribution < -0.4 is 0 Å². The third kappa shape index (κ3) is 2.38. The van der Waals surface area contributed by atoms with Gasteiger partial charge in [0.2, 0.25) is 11.5 Å². The van der Waals surface area contributed by atoms with Crippen LogP contribution in [0, 0.1) is 0 Å². The van der Waals surface area contributed by atoms with Gasteiger partial charge in [0.25, 0.3) is 0 Å². The predicted octanol–water partition coefficient (Wildman–Crippen LogP) is 4.18. The Morgan fingerprint density at radius 2 is 1.13 bits per heavy atom. The van der Waals surface area contributed by atoms with Crippen LogP contribution in [0.2, 0.25) is 0 Å². The van der Waals surface area contributed by atoms with Crippen molar-refractivity contribution in [3.05, 3.63) is 72.2 Å². The SMILES string of the molecule is O=C(OC(=O)c1cc2ccccc2o1)c1cc2ccccc2o1. The van der Waals surface area contributed by atoms with Gasteiger partial charge in [0.1, 0.15) is 11.2 Å². The van der Waals surface area contributed by atoms with Gasteiger partial charge < -0.3 is 13.6 Å². The van der Waals surface area contributed by atoms with Crippen molar-refractivity contribution in [2.24, 2.45) is 0 Å². The summed E-state index contributed by atoms with van der Waals surface area (Å²) in [6.07, 6.45) is 0. The van der Waals surface area contributed by atoms with E-state index in [1.807, 2.05) is 12.1 Å². The molecule has 4 rings (SSSR count). The van der Waals surface area contributed by atoms with E-state index in [4.69, 9.17) is 13.6 Å². The number of ether oxygens (including phenoxy) is 1. The van der Waals surface area contributed by atoms with E-state index in [0.717, 1.165) is 10.8 Å². The fourth-order valence-electron chi connectivity index (χ4n) is 2.35. The summed E-state index contributed by atoms with van der Waals surface area (Å²) in [5.41, 5.74) is 1.10. The minimum absolute atomic E-state index is 0.0318. The summed E-state index contributed by atoms with van der Waals surface area (Å²) in [5.74, 6) is -1.77. The van der Waals surface area contributed by atoms with Crippen LogP contribution >= 0.6 is 0 Å². The van der Waals surface area contributed by atoms with Gasteiger partial charge in [-0.1, -0.05) is 36.4 Å². The maximum atomic E-state index is 12.0. The van der Waals surface area contributed by atoms with Crippen LogP contribution in [0.3, 0.4) is 0 Å². The van der Waals surface area contributed by atoms with Gasteiger partial charge in [0.05, 0.1) is 0 Å². The maximum absolute atomic E-state index is 12.0. The fourth-order valence-corrected chi connectivity index (χ4v) is 2.35. The molecule has 0 aliphatic rings. The highest BCUT2D eigenvalue weighted by Crippen LogP contribution is 2.22. The third-order valence-electron chi connectivity index (χ3n) is 3.44. The molecule has 2 heterocycles. The Labute approximate surface area is 130 Å². The summed E-state index contributed by atoms with van der Waals surface area (Å²) in [6.45, 7) is 0. The van der Waals surface area contributed by atoms with Crippen molar-refractivity contribution in [1.29, 1.82) is 0 Å². The van der Waals surface area contributed by atoms with Crippen LogP contribution in [-0.2, 0) is 4.74 Å². The number of rotatable bonds is 2. The zero-order chi connectivity index (χ0) is 15.8. The van der Waals surface area contributed by atoms with Crippen LogP contribution in [-0.4, -0.2) is 11.9 Å². The summed E-state index contributed by atoms with van der Waals surface area (Å²) in [7, 11) is 0. The van der Waals surface area contributed by atoms with E-state index in [1.54, 1.807) is 36.4 Å². The summed E-state index contributed by atoms with van der Waals surface area (Å²) in [5, 5.41) is 1.52. The van der Waals surface area contributed by atoms with Gasteiger partial charge in [-0.05, 0) is 24.3 Å². The molecule has 0 N–H and O–H groups in total. The Bertz CT molecular complexity index is 888. The second-order valence-electron chi connectivity index (χ2n) is 4.97. The van der Waals surface area contributed by atoms with Crippen molar-refractivity contribution in [3.63, 3.8) is 0 Å². The first kappa shape index (κ1) is 13.3. The molecule has 0 amide bonds. The van der Waals surface area contributed by atoms with E-state index in [9.17, 15) is 9.59 Å². The Hall–Kier alpha value is -3.34. The molecule has 5 heteroatoms. The molecule has 0 saturated heterocycles. The van der Waals surface area contributed by atoms with Gasteiger partial charge in [-0.15, -0.1) is 0 Å². The lowest BCUT2D eigenvalue weighted by molar-refractivity contribution is 0.0357. The van der Waals surface area contributed by atoms with Gasteiger partial charge in [-0.25, -0.2) is 9.59 Å². The van der Waals surface area contributed by atoms with Crippen molar-refractivity contribution in [2.45, 2.75) is 0 Å². The van der Waals surface area contributed by atoms with Crippen molar-refractivity contribution in [3.8, 4) is 0 Å². The molecular formula is C18H10O5. The number of esters is 2. The molecule has 2 aromatic carbocycles. The van der Waals surface area contributed by atoms with Crippen molar-refractivity contribution in [1.82, 2.24) is 0 Å². The highest BCUT2D eigenvalue weighted by Gasteiger charge is 2.21. The van der Waals surface area contributed by atoms with Crippen LogP contribution in [0.5, 0.6) is 0 Å². The van der Waals surface area contributed by atoms with E-state index < -0.39 is 11.9 Å². The monoisotopic (exact) mass is 306 g/mol. The van der Waals surface area contributed by atoms with Gasteiger partial charge in [0.15, 0.2) is 0 Å². The zero-order valence-electron chi connectivity index (χ0n) is 11.8. The number of carbonyl (C=O) groups is 2. The number of hydrogen-bond acceptors (Lipinski definition) is 5. The molecule has 112 valence electrons. The first-order valence-corrected chi connectivity index (χ1v) is 6.94. The second kappa shape index (κ2) is 5.14. The molecule has 2 aromatic heterocycles. The molecule has 0 radical (unpaired) electrons. The van der Waals surface area contributed by atoms with Gasteiger partial charge in [0, 0.05) is 10.8 Å². The average Bonchev–Trinajstić information content (AvgIpc) is 3.18. The lowest BCUT2D eigenvalue weighted by Crippen LogP contribution is -2.11. The fraction of sp³-hybridized carbons (Fsp3) is 0. The minimum Gasteiger partial charge on any atom is -0.449 e. The van der Waals surface area contributed by atoms with Crippen molar-refractivity contribution in [2.75, 3.05) is 0 Å². The first-order valence-electron chi connectivity index (χ1n) is 6.94. The Balaban J connectivity index is 1.58. The first-order chi connectivity index (χ1) is 11.2. The number of benzene rings is 2. The number of furan rings is 2. The van der Waals surface area contributed by atoms with E-state index in [2.05, 4.69) is 0 Å². The van der Waals surface area contributed by atoms with Crippen LogP contribution in [0.15, 0.2) is 69.5 Å². The average molecular weight is 306 g/mol. The maximum Gasteiger partial charge on any atom is 0.382 e. The smallest absolute Gasteiger partial charge is 0.382 e. The van der Waals surface area contributed by atoms with Gasteiger partial charge >= 0.3 is 11.9 Å². The van der Waals surface area contributed by atoms with E-state index >= 15 is 0 Å². The molecular weight excluding hydrogens is 296 g/mol. The summed E-state index contributed by atoms with van der Waals surface area (Å²) >= 11 is 0. The molecule has 5 nitrogen and oxygen atoms in total. The lowest BCUT2D eigenvalue weighted by atomic mass is 10.2. The molecule has 0 aliphatic heterocycles. The van der Waals surface area contributed by atoms with Crippen LogP contribution in [0.1, 0.15) is 21.1 Å². The molecule has 0 atom stereocenters. The molecule has 0 bridgehead atoms. The molecule has 0 saturated carbocycles. The van der Waals surface area contributed by atoms with E-state index in [1.165, 1.54) is 12.1 Å². The topological polar surface area (TPSA) is 69.7 Å². The Morgan fingerprint density at radius 1 is 0.696 bits per heavy atom. The summed E-state index contributed by atoms with van der Waals surface area (Å²) < 4.78 is 15.6. The van der Waals surface area contributed by atoms with Gasteiger partial charge in [-0.3, -0.25) is 0 Å². The predicted molar refractivity (Wildman–Crippen MR) is 82.2 cm³/mol. The van der Waals surface area contributed by atoms with Crippen molar-refractivity contribution >= 4 is 33.9 Å². The largest absolute Gasteiger partial charge is 0.449 e. The number of carbonyl (C=O) groups excluding carboxylic acids is 2. The van der Waals surface area contributed by atoms with E-state index in [-0.39, 0.29) is 11.5 Å². The third-order valence-corrected chi connectivity index (χ3v) is 3.44. The number of para-hydroxylation sites is 2. The molecule has 0 aliphatic carbocycles. The second-order valence-corrected chi connectivity index (χ2v) is 4.97. The molecule has 0 fully saturated rings. The lowest BCUT2D eigenvalue weighted by Gasteiger charge is -1.97. The normalized spacial score (nSPS) is 11.0. The number of fused-ring (bicyclic) bond motifs is 2. The van der Waals surface area contributed by atoms with Crippen LogP contribution in [0.4, 0.5) is 0 Å². The standard InChI is InChI=1S/C18H10O5/c19-17(15-9-11-5-1-3-7-13(11)21-15)23-18(20)16-10-12-6-2-4-8-14(12)22-16/h1-10H. The highest BCUT2D eigenvalue weighted by atomic mass is 16.6. The molecule has 23 heavy (non-hydrogen) atoms. The zero-order valence-corrected chi connectivity index (χ0v) is 11.8. The van der Waals surface area contributed by atoms with E-state index in [0.29, 0.717) is 11.2 Å². The quantitative estimate of drug-likeness (QED) is 0.410. The molecule has 0 unspecified atom stereocenters. The molecule has 4 aromatic rings. The highest BCUT2D eigenvalue weighted by molar-refractivity contribution is 6.03. The van der Waals surface area contributed by atoms with Crippen molar-refractivity contribution < 1.29 is 23.2 Å². The Morgan fingerprint density at radius 3 is 1.57 bits per heavy atom. The minimum atomic E-state index is -0.855. The number of hydrogen-bond donors (Lipinski definition) is 0.